The highest BCUT2D eigenvalue weighted by Gasteiger charge is 2.38. The van der Waals surface area contributed by atoms with Gasteiger partial charge in [-0.1, -0.05) is 102 Å². The SMILES string of the molecule is C[C@@H](O)c1cc(C(F)(F)F)cc(C(F)(F)F)c1.C[C@@H](OCC(=O)c1ccccc1)c1cc(C(F)(F)F)cc(C(F)(F)F)c1.Cc1cc(C(C)(C)C)nc(C(C)(C)C)c1.O=C(CO)c1ccccc1. The second-order valence-electron chi connectivity index (χ2n) is 17.5. The monoisotopic (exact) mass is 975 g/mol. The standard InChI is InChI=1S/C18H14F6O2.C14H23N.C10H8F6O.C8H8O2/c1-11(26-10-16(25)12-5-3-2-4-6-12)13-7-14(17(19,20)21)9-15(8-13)18(22,23)24;1-10-8-11(13(2,3)4)15-12(9-10)14(5,6)7;1-5(17)6-2-7(9(11,12)13)4-8(3-6)10(14,15)16;9-6-8(10)7-4-2-1-3-5-7/h2-9,11H,10H2,1H3;8-9H,1-7H3;2-5,17H,1H3;1-5,9H,6H2/t11-;;5-;/m1.1./s1. The number of aryl methyl sites for hydroxylation is 1. The van der Waals surface area contributed by atoms with Crippen LogP contribution in [0.5, 0.6) is 0 Å². The average molecular weight is 976 g/mol. The van der Waals surface area contributed by atoms with Crippen molar-refractivity contribution in [2.75, 3.05) is 13.2 Å². The van der Waals surface area contributed by atoms with Crippen LogP contribution in [-0.2, 0) is 40.3 Å². The summed E-state index contributed by atoms with van der Waals surface area (Å²) in [7, 11) is 0. The van der Waals surface area contributed by atoms with E-state index < -0.39 is 83.7 Å². The quantitative estimate of drug-likeness (QED) is 0.119. The molecule has 6 nitrogen and oxygen atoms in total. The number of ether oxygens (including phenoxy) is 1. The van der Waals surface area contributed by atoms with Crippen LogP contribution in [0.3, 0.4) is 0 Å². The van der Waals surface area contributed by atoms with E-state index >= 15 is 0 Å². The molecule has 1 heterocycles. The fourth-order valence-electron chi connectivity index (χ4n) is 5.59. The van der Waals surface area contributed by atoms with Crippen LogP contribution in [0.4, 0.5) is 52.7 Å². The summed E-state index contributed by atoms with van der Waals surface area (Å²) in [5.41, 5.74) is -1.60. The van der Waals surface area contributed by atoms with Gasteiger partial charge >= 0.3 is 24.7 Å². The molecule has 0 bridgehead atoms. The summed E-state index contributed by atoms with van der Waals surface area (Å²) in [6.45, 7) is 16.9. The number of hydrogen-bond acceptors (Lipinski definition) is 6. The molecule has 0 saturated heterocycles. The van der Waals surface area contributed by atoms with Crippen molar-refractivity contribution in [3.8, 4) is 0 Å². The van der Waals surface area contributed by atoms with Crippen LogP contribution < -0.4 is 0 Å². The number of halogens is 12. The summed E-state index contributed by atoms with van der Waals surface area (Å²) in [6.07, 6.45) is -22.2. The summed E-state index contributed by atoms with van der Waals surface area (Å²) < 4.78 is 157. The number of aromatic nitrogens is 1. The van der Waals surface area contributed by atoms with Gasteiger partial charge in [0.1, 0.15) is 13.2 Å². The van der Waals surface area contributed by atoms with Crippen molar-refractivity contribution in [1.29, 1.82) is 0 Å². The largest absolute Gasteiger partial charge is 0.416 e. The highest BCUT2D eigenvalue weighted by Crippen LogP contribution is 2.39. The normalized spacial score (nSPS) is 13.1. The minimum absolute atomic E-state index is 0.0197. The molecule has 0 aliphatic heterocycles. The molecule has 5 rings (SSSR count). The lowest BCUT2D eigenvalue weighted by molar-refractivity contribution is -0.144. The topological polar surface area (TPSA) is 96.7 Å². The Bertz CT molecular complexity index is 2300. The van der Waals surface area contributed by atoms with E-state index in [4.69, 9.17) is 19.9 Å². The van der Waals surface area contributed by atoms with Crippen molar-refractivity contribution in [1.82, 2.24) is 4.98 Å². The molecule has 2 N–H and O–H groups in total. The number of hydrogen-bond donors (Lipinski definition) is 2. The van der Waals surface area contributed by atoms with Gasteiger partial charge in [-0.25, -0.2) is 0 Å². The summed E-state index contributed by atoms with van der Waals surface area (Å²) in [5, 5.41) is 17.5. The third kappa shape index (κ3) is 19.2. The molecule has 1 aromatic heterocycles. The van der Waals surface area contributed by atoms with Gasteiger partial charge in [-0.15, -0.1) is 0 Å². The van der Waals surface area contributed by atoms with Crippen molar-refractivity contribution >= 4 is 11.6 Å². The zero-order chi connectivity index (χ0) is 52.2. The van der Waals surface area contributed by atoms with Crippen molar-refractivity contribution in [2.24, 2.45) is 0 Å². The third-order valence-corrected chi connectivity index (χ3v) is 9.48. The molecule has 0 aliphatic carbocycles. The van der Waals surface area contributed by atoms with Crippen LogP contribution in [0, 0.1) is 6.92 Å². The maximum absolute atomic E-state index is 12.9. The van der Waals surface area contributed by atoms with E-state index in [1.807, 2.05) is 6.07 Å². The van der Waals surface area contributed by atoms with E-state index in [9.17, 15) is 62.3 Å². The van der Waals surface area contributed by atoms with E-state index in [0.717, 1.165) is 6.92 Å². The molecular weight excluding hydrogens is 923 g/mol. The number of pyridine rings is 1. The van der Waals surface area contributed by atoms with Crippen molar-refractivity contribution in [2.45, 2.75) is 110 Å². The van der Waals surface area contributed by atoms with Gasteiger partial charge in [0, 0.05) is 33.3 Å². The molecule has 0 radical (unpaired) electrons. The number of nitrogens with zero attached hydrogens (tertiary/aromatic N) is 1. The Morgan fingerprint density at radius 3 is 1.15 bits per heavy atom. The average Bonchev–Trinajstić information content (AvgIpc) is 3.24. The number of carbonyl (C=O) groups is 2. The summed E-state index contributed by atoms with van der Waals surface area (Å²) in [4.78, 5) is 27.5. The molecule has 0 fully saturated rings. The van der Waals surface area contributed by atoms with Crippen LogP contribution in [0.15, 0.2) is 109 Å². The summed E-state index contributed by atoms with van der Waals surface area (Å²) >= 11 is 0. The first kappa shape index (κ1) is 58.5. The first-order valence-corrected chi connectivity index (χ1v) is 20.6. The third-order valence-electron chi connectivity index (χ3n) is 9.48. The molecule has 0 spiro atoms. The predicted molar refractivity (Wildman–Crippen MR) is 233 cm³/mol. The van der Waals surface area contributed by atoms with Gasteiger partial charge in [0.15, 0.2) is 11.6 Å². The van der Waals surface area contributed by atoms with Gasteiger partial charge in [0.05, 0.1) is 34.5 Å². The van der Waals surface area contributed by atoms with Crippen molar-refractivity contribution in [3.63, 3.8) is 0 Å². The lowest BCUT2D eigenvalue weighted by Gasteiger charge is -2.24. The Morgan fingerprint density at radius 2 is 0.853 bits per heavy atom. The van der Waals surface area contributed by atoms with Gasteiger partial charge in [-0.2, -0.15) is 52.7 Å². The van der Waals surface area contributed by atoms with Crippen LogP contribution in [-0.4, -0.2) is 40.0 Å². The molecule has 4 aromatic carbocycles. The van der Waals surface area contributed by atoms with Crippen LogP contribution >= 0.6 is 0 Å². The Morgan fingerprint density at radius 1 is 0.529 bits per heavy atom. The highest BCUT2D eigenvalue weighted by molar-refractivity contribution is 5.97. The zero-order valence-corrected chi connectivity index (χ0v) is 38.6. The maximum Gasteiger partial charge on any atom is 0.416 e. The minimum atomic E-state index is -4.93. The van der Waals surface area contributed by atoms with Crippen LogP contribution in [0.2, 0.25) is 0 Å². The van der Waals surface area contributed by atoms with Gasteiger partial charge < -0.3 is 14.9 Å². The van der Waals surface area contributed by atoms with E-state index in [0.29, 0.717) is 35.4 Å². The minimum Gasteiger partial charge on any atom is -0.389 e. The van der Waals surface area contributed by atoms with E-state index in [-0.39, 0.29) is 34.3 Å². The lowest BCUT2D eigenvalue weighted by Crippen LogP contribution is -2.20. The number of carbonyl (C=O) groups excluding carboxylic acids is 2. The second-order valence-corrected chi connectivity index (χ2v) is 17.5. The maximum atomic E-state index is 12.9. The second kappa shape index (κ2) is 23.6. The Kier molecular flexibility index (Phi) is 20.3. The fraction of sp³-hybridized carbons (Fsp3) is 0.380. The molecular formula is C50H53F12NO5. The Balaban J connectivity index is 0.000000329. The highest BCUT2D eigenvalue weighted by atomic mass is 19.4. The number of benzene rings is 4. The van der Waals surface area contributed by atoms with Gasteiger partial charge in [-0.3, -0.25) is 14.6 Å². The van der Waals surface area contributed by atoms with Gasteiger partial charge in [-0.05, 0) is 86.0 Å². The predicted octanol–water partition coefficient (Wildman–Crippen LogP) is 14.3. The Labute approximate surface area is 387 Å². The number of alkyl halides is 12. The molecule has 68 heavy (non-hydrogen) atoms. The molecule has 0 unspecified atom stereocenters. The molecule has 18 heteroatoms. The van der Waals surface area contributed by atoms with E-state index in [1.54, 1.807) is 42.5 Å². The van der Waals surface area contributed by atoms with Gasteiger partial charge in [0.2, 0.25) is 0 Å². The number of rotatable bonds is 8. The first-order valence-electron chi connectivity index (χ1n) is 20.6. The number of aliphatic hydroxyl groups excluding tert-OH is 2. The van der Waals surface area contributed by atoms with Crippen molar-refractivity contribution < 1.29 is 77.2 Å². The molecule has 5 aromatic rings. The smallest absolute Gasteiger partial charge is 0.389 e. The molecule has 372 valence electrons. The molecule has 0 saturated carbocycles. The van der Waals surface area contributed by atoms with E-state index in [2.05, 4.69) is 60.6 Å². The molecule has 2 atom stereocenters. The first-order chi connectivity index (χ1) is 30.9. The van der Waals surface area contributed by atoms with Gasteiger partial charge in [0.25, 0.3) is 0 Å². The fourth-order valence-corrected chi connectivity index (χ4v) is 5.59. The Hall–Kier alpha value is -5.59. The van der Waals surface area contributed by atoms with Crippen molar-refractivity contribution in [3.05, 3.63) is 171 Å². The number of aliphatic hydroxyl groups is 2. The van der Waals surface area contributed by atoms with E-state index in [1.165, 1.54) is 36.0 Å². The number of ketones is 2. The summed E-state index contributed by atoms with van der Waals surface area (Å²) in [6, 6.07) is 23.4. The molecule has 0 aliphatic rings. The van der Waals surface area contributed by atoms with Crippen LogP contribution in [0.25, 0.3) is 0 Å². The molecule has 0 amide bonds. The number of Topliss-reactive ketones (excluding diaryl/α,β-unsaturated/α-hetero) is 2. The lowest BCUT2D eigenvalue weighted by atomic mass is 9.87. The summed E-state index contributed by atoms with van der Waals surface area (Å²) in [5.74, 6) is -0.666. The zero-order valence-electron chi connectivity index (χ0n) is 38.6. The van der Waals surface area contributed by atoms with Crippen LogP contribution in [0.1, 0.15) is 139 Å².